The van der Waals surface area contributed by atoms with Gasteiger partial charge in [-0.3, -0.25) is 0 Å². The van der Waals surface area contributed by atoms with Crippen molar-refractivity contribution in [3.05, 3.63) is 0 Å². The van der Waals surface area contributed by atoms with Gasteiger partial charge in [0.05, 0.1) is 19.3 Å². The highest BCUT2D eigenvalue weighted by Gasteiger charge is 2.29. The summed E-state index contributed by atoms with van der Waals surface area (Å²) in [6.07, 6.45) is 1.54. The fraction of sp³-hybridized carbons (Fsp3) is 1.00. The highest BCUT2D eigenvalue weighted by Crippen LogP contribution is 2.22. The molecule has 0 bridgehead atoms. The zero-order valence-electron chi connectivity index (χ0n) is 9.82. The molecule has 14 heavy (non-hydrogen) atoms. The van der Waals surface area contributed by atoms with Crippen molar-refractivity contribution in [2.45, 2.75) is 32.4 Å². The van der Waals surface area contributed by atoms with Crippen LogP contribution in [0.4, 0.5) is 0 Å². The molecular formula is C11H23NO2. The molecule has 0 N–H and O–H groups in total. The molecule has 0 radical (unpaired) electrons. The number of methoxy groups -OCH3 is 1. The Morgan fingerprint density at radius 2 is 2.07 bits per heavy atom. The van der Waals surface area contributed by atoms with Gasteiger partial charge in [0.15, 0.2) is 0 Å². The molecule has 1 fully saturated rings. The fourth-order valence-corrected chi connectivity index (χ4v) is 2.05. The summed E-state index contributed by atoms with van der Waals surface area (Å²) in [7, 11) is 3.95. The average molecular weight is 201 g/mol. The number of ether oxygens (including phenoxy) is 2. The monoisotopic (exact) mass is 201 g/mol. The first-order valence-corrected chi connectivity index (χ1v) is 5.44. The Hall–Kier alpha value is -0.120. The lowest BCUT2D eigenvalue weighted by molar-refractivity contribution is 0.0430. The number of rotatable bonds is 5. The predicted octanol–water partition coefficient (Wildman–Crippen LogP) is 1.38. The van der Waals surface area contributed by atoms with Crippen LogP contribution >= 0.6 is 0 Å². The number of nitrogens with zero attached hydrogens (tertiary/aromatic N) is 1. The Morgan fingerprint density at radius 3 is 2.64 bits per heavy atom. The van der Waals surface area contributed by atoms with E-state index in [1.54, 1.807) is 7.11 Å². The van der Waals surface area contributed by atoms with Crippen molar-refractivity contribution in [2.75, 3.05) is 33.9 Å². The molecule has 2 atom stereocenters. The molecule has 0 spiro atoms. The normalized spacial score (nSPS) is 28.9. The van der Waals surface area contributed by atoms with Gasteiger partial charge in [-0.05, 0) is 33.2 Å². The molecule has 2 unspecified atom stereocenters. The van der Waals surface area contributed by atoms with Crippen molar-refractivity contribution in [3.63, 3.8) is 0 Å². The number of likely N-dealkylation sites (tertiary alicyclic amines) is 1. The van der Waals surface area contributed by atoms with Gasteiger partial charge in [-0.2, -0.15) is 0 Å². The van der Waals surface area contributed by atoms with Crippen molar-refractivity contribution in [3.8, 4) is 0 Å². The van der Waals surface area contributed by atoms with Crippen LogP contribution in [0.2, 0.25) is 0 Å². The maximum absolute atomic E-state index is 5.64. The lowest BCUT2D eigenvalue weighted by Gasteiger charge is -2.20. The fourth-order valence-electron chi connectivity index (χ4n) is 2.05. The molecule has 1 aliphatic heterocycles. The van der Waals surface area contributed by atoms with E-state index in [0.29, 0.717) is 18.1 Å². The van der Waals surface area contributed by atoms with E-state index in [0.717, 1.165) is 19.8 Å². The van der Waals surface area contributed by atoms with Crippen LogP contribution < -0.4 is 0 Å². The van der Waals surface area contributed by atoms with Crippen molar-refractivity contribution in [1.29, 1.82) is 0 Å². The molecule has 0 amide bonds. The van der Waals surface area contributed by atoms with Crippen LogP contribution in [0.1, 0.15) is 20.3 Å². The van der Waals surface area contributed by atoms with Crippen LogP contribution in [0, 0.1) is 5.92 Å². The molecule has 0 aliphatic carbocycles. The van der Waals surface area contributed by atoms with E-state index >= 15 is 0 Å². The lowest BCUT2D eigenvalue weighted by Crippen LogP contribution is -2.30. The number of hydrogen-bond acceptors (Lipinski definition) is 3. The van der Waals surface area contributed by atoms with Crippen molar-refractivity contribution < 1.29 is 9.47 Å². The van der Waals surface area contributed by atoms with Crippen LogP contribution in [0.5, 0.6) is 0 Å². The smallest absolute Gasteiger partial charge is 0.0625 e. The molecule has 1 aliphatic rings. The Morgan fingerprint density at radius 1 is 1.36 bits per heavy atom. The largest absolute Gasteiger partial charge is 0.384 e. The lowest BCUT2D eigenvalue weighted by atomic mass is 10.1. The van der Waals surface area contributed by atoms with Crippen molar-refractivity contribution in [2.24, 2.45) is 5.92 Å². The zero-order valence-corrected chi connectivity index (χ0v) is 9.82. The summed E-state index contributed by atoms with van der Waals surface area (Å²) in [5.41, 5.74) is 0. The van der Waals surface area contributed by atoms with Gasteiger partial charge in [0, 0.05) is 19.7 Å². The second-order valence-corrected chi connectivity index (χ2v) is 4.53. The SMILES string of the molecule is COCC1CC(COC(C)C)N(C)C1. The van der Waals surface area contributed by atoms with Gasteiger partial charge < -0.3 is 14.4 Å². The van der Waals surface area contributed by atoms with Crippen LogP contribution in [0.3, 0.4) is 0 Å². The van der Waals surface area contributed by atoms with Crippen LogP contribution in [-0.2, 0) is 9.47 Å². The molecule has 0 aromatic rings. The van der Waals surface area contributed by atoms with Gasteiger partial charge in [-0.15, -0.1) is 0 Å². The molecule has 0 aromatic carbocycles. The van der Waals surface area contributed by atoms with Crippen LogP contribution in [-0.4, -0.2) is 51.0 Å². The Kier molecular flexibility index (Phi) is 4.85. The third kappa shape index (κ3) is 3.56. The average Bonchev–Trinajstić information content (AvgIpc) is 2.44. The summed E-state index contributed by atoms with van der Waals surface area (Å²) in [5, 5.41) is 0. The first-order valence-electron chi connectivity index (χ1n) is 5.44. The van der Waals surface area contributed by atoms with Gasteiger partial charge in [0.1, 0.15) is 0 Å². The maximum Gasteiger partial charge on any atom is 0.0625 e. The van der Waals surface area contributed by atoms with Crippen LogP contribution in [0.15, 0.2) is 0 Å². The number of hydrogen-bond donors (Lipinski definition) is 0. The molecule has 0 saturated carbocycles. The molecule has 0 aromatic heterocycles. The van der Waals surface area contributed by atoms with Gasteiger partial charge in [0.25, 0.3) is 0 Å². The molecule has 1 rings (SSSR count). The van der Waals surface area contributed by atoms with E-state index in [1.807, 2.05) is 0 Å². The van der Waals surface area contributed by atoms with E-state index in [4.69, 9.17) is 9.47 Å². The van der Waals surface area contributed by atoms with E-state index in [-0.39, 0.29) is 0 Å². The first kappa shape index (κ1) is 12.0. The minimum Gasteiger partial charge on any atom is -0.384 e. The van der Waals surface area contributed by atoms with E-state index in [1.165, 1.54) is 6.42 Å². The summed E-state index contributed by atoms with van der Waals surface area (Å²) in [6.45, 7) is 7.04. The second-order valence-electron chi connectivity index (χ2n) is 4.53. The summed E-state index contributed by atoms with van der Waals surface area (Å²) in [6, 6.07) is 0.581. The third-order valence-electron chi connectivity index (χ3n) is 2.80. The second kappa shape index (κ2) is 5.69. The van der Waals surface area contributed by atoms with Gasteiger partial charge in [0.2, 0.25) is 0 Å². The summed E-state index contributed by atoms with van der Waals surface area (Å²) in [5.74, 6) is 0.686. The van der Waals surface area contributed by atoms with Crippen molar-refractivity contribution in [1.82, 2.24) is 4.90 Å². The van der Waals surface area contributed by atoms with Crippen LogP contribution in [0.25, 0.3) is 0 Å². The quantitative estimate of drug-likeness (QED) is 0.670. The standard InChI is InChI=1S/C11H23NO2/c1-9(2)14-8-11-5-10(7-13-4)6-12(11)3/h9-11H,5-8H2,1-4H3. The van der Waals surface area contributed by atoms with Crippen molar-refractivity contribution >= 4 is 0 Å². The minimum atomic E-state index is 0.338. The zero-order chi connectivity index (χ0) is 10.6. The summed E-state index contributed by atoms with van der Waals surface area (Å²) >= 11 is 0. The highest BCUT2D eigenvalue weighted by molar-refractivity contribution is 4.82. The Balaban J connectivity index is 2.25. The highest BCUT2D eigenvalue weighted by atomic mass is 16.5. The molecular weight excluding hydrogens is 178 g/mol. The van der Waals surface area contributed by atoms with Gasteiger partial charge in [-0.1, -0.05) is 0 Å². The first-order chi connectivity index (χ1) is 6.63. The molecule has 1 heterocycles. The van der Waals surface area contributed by atoms with E-state index < -0.39 is 0 Å². The van der Waals surface area contributed by atoms with E-state index in [9.17, 15) is 0 Å². The minimum absolute atomic E-state index is 0.338. The van der Waals surface area contributed by atoms with Gasteiger partial charge in [-0.25, -0.2) is 0 Å². The van der Waals surface area contributed by atoms with E-state index in [2.05, 4.69) is 25.8 Å². The molecule has 3 heteroatoms. The molecule has 1 saturated heterocycles. The molecule has 84 valence electrons. The topological polar surface area (TPSA) is 21.7 Å². The van der Waals surface area contributed by atoms with Gasteiger partial charge >= 0.3 is 0 Å². The Labute approximate surface area is 87.4 Å². The third-order valence-corrected chi connectivity index (χ3v) is 2.80. The Bertz CT molecular complexity index is 161. The summed E-state index contributed by atoms with van der Waals surface area (Å²) in [4.78, 5) is 2.38. The maximum atomic E-state index is 5.64. The predicted molar refractivity (Wildman–Crippen MR) is 57.5 cm³/mol. The molecule has 3 nitrogen and oxygen atoms in total. The number of likely N-dealkylation sites (N-methyl/N-ethyl adjacent to an activating group) is 1. The summed E-state index contributed by atoms with van der Waals surface area (Å²) < 4.78 is 10.8.